The van der Waals surface area contributed by atoms with Gasteiger partial charge < -0.3 is 15.7 Å². The number of rotatable bonds is 8. The van der Waals surface area contributed by atoms with Crippen molar-refractivity contribution in [2.24, 2.45) is 5.92 Å². The van der Waals surface area contributed by atoms with E-state index < -0.39 is 23.8 Å². The van der Waals surface area contributed by atoms with Crippen molar-refractivity contribution < 1.29 is 19.5 Å². The van der Waals surface area contributed by atoms with Crippen LogP contribution in [-0.4, -0.2) is 28.9 Å². The molecule has 0 aromatic heterocycles. The lowest BCUT2D eigenvalue weighted by atomic mass is 10.0. The quantitative estimate of drug-likeness (QED) is 0.472. The summed E-state index contributed by atoms with van der Waals surface area (Å²) in [6.07, 6.45) is 1.67. The second-order valence-corrected chi connectivity index (χ2v) is 8.36. The number of carbonyl (C=O) groups is 3. The van der Waals surface area contributed by atoms with Crippen LogP contribution in [0.25, 0.3) is 6.08 Å². The van der Waals surface area contributed by atoms with Gasteiger partial charge in [-0.25, -0.2) is 4.79 Å². The van der Waals surface area contributed by atoms with E-state index in [2.05, 4.69) is 26.6 Å². The molecular formula is C22H22BrClN2O4. The molecule has 30 heavy (non-hydrogen) atoms. The number of halogens is 2. The molecule has 3 N–H and O–H groups in total. The van der Waals surface area contributed by atoms with Crippen LogP contribution in [0.15, 0.2) is 58.7 Å². The van der Waals surface area contributed by atoms with Gasteiger partial charge in [-0.05, 0) is 54.3 Å². The predicted molar refractivity (Wildman–Crippen MR) is 120 cm³/mol. The number of aliphatic carboxylic acids is 1. The number of hydrogen-bond acceptors (Lipinski definition) is 3. The third-order valence-corrected chi connectivity index (χ3v) is 4.99. The van der Waals surface area contributed by atoms with Crippen LogP contribution in [-0.2, 0) is 9.59 Å². The predicted octanol–water partition coefficient (Wildman–Crippen LogP) is 4.49. The van der Waals surface area contributed by atoms with E-state index in [0.29, 0.717) is 16.1 Å². The molecule has 0 aliphatic rings. The fraction of sp³-hybridized carbons (Fsp3) is 0.227. The van der Waals surface area contributed by atoms with E-state index in [1.807, 2.05) is 13.8 Å². The minimum Gasteiger partial charge on any atom is -0.480 e. The average Bonchev–Trinajstić information content (AvgIpc) is 2.68. The number of hydrogen-bond donors (Lipinski definition) is 3. The Morgan fingerprint density at radius 3 is 2.30 bits per heavy atom. The van der Waals surface area contributed by atoms with E-state index in [-0.39, 0.29) is 18.0 Å². The second-order valence-electron chi connectivity index (χ2n) is 7.03. The van der Waals surface area contributed by atoms with Crippen LogP contribution in [0.5, 0.6) is 0 Å². The highest BCUT2D eigenvalue weighted by atomic mass is 79.9. The summed E-state index contributed by atoms with van der Waals surface area (Å²) in [5.41, 5.74) is 0.746. The molecule has 0 bridgehead atoms. The summed E-state index contributed by atoms with van der Waals surface area (Å²) in [4.78, 5) is 37.0. The lowest BCUT2D eigenvalue weighted by Crippen LogP contribution is -2.45. The van der Waals surface area contributed by atoms with Gasteiger partial charge in [-0.1, -0.05) is 59.6 Å². The third-order valence-electron chi connectivity index (χ3n) is 4.11. The first-order chi connectivity index (χ1) is 14.2. The summed E-state index contributed by atoms with van der Waals surface area (Å²) in [5.74, 6) is -2.31. The monoisotopic (exact) mass is 492 g/mol. The molecule has 0 aliphatic heterocycles. The van der Waals surface area contributed by atoms with Gasteiger partial charge >= 0.3 is 5.97 Å². The van der Waals surface area contributed by atoms with Gasteiger partial charge in [-0.3, -0.25) is 9.59 Å². The maximum absolute atomic E-state index is 12.9. The zero-order chi connectivity index (χ0) is 22.3. The van der Waals surface area contributed by atoms with Gasteiger partial charge in [-0.2, -0.15) is 0 Å². The van der Waals surface area contributed by atoms with Gasteiger partial charge in [0.15, 0.2) is 0 Å². The Morgan fingerprint density at radius 2 is 1.73 bits per heavy atom. The highest BCUT2D eigenvalue weighted by Gasteiger charge is 2.24. The summed E-state index contributed by atoms with van der Waals surface area (Å²) in [6, 6.07) is 12.3. The molecule has 0 fully saturated rings. The first kappa shape index (κ1) is 23.6. The van der Waals surface area contributed by atoms with Crippen LogP contribution < -0.4 is 10.6 Å². The normalized spacial score (nSPS) is 12.4. The SMILES string of the molecule is CC(C)C[C@@H](NC(=O)/C(=C/c1ccccc1Cl)NC(=O)c1ccc(Br)cc1)C(=O)O. The molecule has 0 saturated heterocycles. The molecule has 0 spiro atoms. The fourth-order valence-electron chi connectivity index (χ4n) is 2.63. The van der Waals surface area contributed by atoms with E-state index in [0.717, 1.165) is 4.47 Å². The van der Waals surface area contributed by atoms with Crippen molar-refractivity contribution in [2.45, 2.75) is 26.3 Å². The van der Waals surface area contributed by atoms with E-state index in [9.17, 15) is 19.5 Å². The number of nitrogens with one attached hydrogen (secondary N) is 2. The Labute approximate surface area is 188 Å². The maximum atomic E-state index is 12.9. The molecule has 0 aliphatic carbocycles. The Hall–Kier alpha value is -2.64. The van der Waals surface area contributed by atoms with Gasteiger partial charge in [0.1, 0.15) is 11.7 Å². The molecule has 2 amide bonds. The summed E-state index contributed by atoms with van der Waals surface area (Å²) < 4.78 is 0.807. The Morgan fingerprint density at radius 1 is 1.10 bits per heavy atom. The molecular weight excluding hydrogens is 472 g/mol. The van der Waals surface area contributed by atoms with Crippen LogP contribution >= 0.6 is 27.5 Å². The number of carboxylic acid groups (broad SMARTS) is 1. The first-order valence-corrected chi connectivity index (χ1v) is 10.4. The number of benzene rings is 2. The molecule has 0 unspecified atom stereocenters. The van der Waals surface area contributed by atoms with Gasteiger partial charge in [0.2, 0.25) is 0 Å². The minimum absolute atomic E-state index is 0.0553. The number of carboxylic acids is 1. The van der Waals surface area contributed by atoms with E-state index in [1.54, 1.807) is 48.5 Å². The topological polar surface area (TPSA) is 95.5 Å². The smallest absolute Gasteiger partial charge is 0.326 e. The van der Waals surface area contributed by atoms with Crippen molar-refractivity contribution in [3.63, 3.8) is 0 Å². The molecule has 2 aromatic carbocycles. The zero-order valence-electron chi connectivity index (χ0n) is 16.5. The fourth-order valence-corrected chi connectivity index (χ4v) is 3.09. The van der Waals surface area contributed by atoms with E-state index in [1.165, 1.54) is 6.08 Å². The van der Waals surface area contributed by atoms with Crippen LogP contribution in [0.1, 0.15) is 36.2 Å². The van der Waals surface area contributed by atoms with Gasteiger partial charge in [-0.15, -0.1) is 0 Å². The summed E-state index contributed by atoms with van der Waals surface area (Å²) >= 11 is 9.48. The molecule has 0 radical (unpaired) electrons. The Kier molecular flexibility index (Phi) is 8.62. The molecule has 6 nitrogen and oxygen atoms in total. The molecule has 0 heterocycles. The minimum atomic E-state index is -1.15. The zero-order valence-corrected chi connectivity index (χ0v) is 18.8. The van der Waals surface area contributed by atoms with Crippen LogP contribution in [0.4, 0.5) is 0 Å². The van der Waals surface area contributed by atoms with Gasteiger partial charge in [0, 0.05) is 15.1 Å². The van der Waals surface area contributed by atoms with E-state index in [4.69, 9.17) is 11.6 Å². The van der Waals surface area contributed by atoms with Crippen LogP contribution in [0.3, 0.4) is 0 Å². The van der Waals surface area contributed by atoms with Crippen LogP contribution in [0.2, 0.25) is 5.02 Å². The van der Waals surface area contributed by atoms with Crippen molar-refractivity contribution in [1.82, 2.24) is 10.6 Å². The van der Waals surface area contributed by atoms with Gasteiger partial charge in [0.25, 0.3) is 11.8 Å². The highest BCUT2D eigenvalue weighted by molar-refractivity contribution is 9.10. The third kappa shape index (κ3) is 7.00. The molecule has 0 saturated carbocycles. The number of carbonyl (C=O) groups excluding carboxylic acids is 2. The van der Waals surface area contributed by atoms with Crippen molar-refractivity contribution in [1.29, 1.82) is 0 Å². The Bertz CT molecular complexity index is 958. The highest BCUT2D eigenvalue weighted by Crippen LogP contribution is 2.18. The first-order valence-electron chi connectivity index (χ1n) is 9.24. The lowest BCUT2D eigenvalue weighted by Gasteiger charge is -2.18. The van der Waals surface area contributed by atoms with Crippen molar-refractivity contribution in [2.75, 3.05) is 0 Å². The van der Waals surface area contributed by atoms with E-state index >= 15 is 0 Å². The summed E-state index contributed by atoms with van der Waals surface area (Å²) in [6.45, 7) is 3.72. The molecule has 2 aromatic rings. The molecule has 2 rings (SSSR count). The van der Waals surface area contributed by atoms with Crippen molar-refractivity contribution in [3.8, 4) is 0 Å². The molecule has 158 valence electrons. The Balaban J connectivity index is 2.34. The maximum Gasteiger partial charge on any atom is 0.326 e. The standard InChI is InChI=1S/C22H22BrClN2O4/c1-13(2)11-19(22(29)30)26-21(28)18(12-15-5-3-4-6-17(15)24)25-20(27)14-7-9-16(23)10-8-14/h3-10,12-13,19H,11H2,1-2H3,(H,25,27)(H,26,28)(H,29,30)/b18-12-/t19-/m1/s1. The summed E-state index contributed by atoms with van der Waals surface area (Å²) in [7, 11) is 0. The lowest BCUT2D eigenvalue weighted by molar-refractivity contribution is -0.141. The van der Waals surface area contributed by atoms with Crippen molar-refractivity contribution in [3.05, 3.63) is 74.9 Å². The van der Waals surface area contributed by atoms with Crippen LogP contribution in [0, 0.1) is 5.92 Å². The second kappa shape index (κ2) is 10.9. The molecule has 1 atom stereocenters. The largest absolute Gasteiger partial charge is 0.480 e. The number of amides is 2. The average molecular weight is 494 g/mol. The summed E-state index contributed by atoms with van der Waals surface area (Å²) in [5, 5.41) is 14.9. The van der Waals surface area contributed by atoms with Gasteiger partial charge in [0.05, 0.1) is 0 Å². The molecule has 8 heteroatoms. The van der Waals surface area contributed by atoms with Crippen molar-refractivity contribution >= 4 is 51.4 Å².